The molecule has 0 aliphatic rings. The van der Waals surface area contributed by atoms with Crippen LogP contribution in [0.2, 0.25) is 0 Å². The van der Waals surface area contributed by atoms with Crippen LogP contribution >= 0.6 is 0 Å². The lowest BCUT2D eigenvalue weighted by Crippen LogP contribution is -2.42. The minimum atomic E-state index is -4.78. The minimum absolute atomic E-state index is 0.0697. The number of hydrogen-bond acceptors (Lipinski definition) is 4. The summed E-state index contributed by atoms with van der Waals surface area (Å²) in [7, 11) is 5.35. The molecule has 1 unspecified atom stereocenters. The van der Waals surface area contributed by atoms with E-state index in [1.165, 1.54) is 26.2 Å². The molecule has 1 aromatic rings. The zero-order chi connectivity index (χ0) is 20.4. The third-order valence-electron chi connectivity index (χ3n) is 3.65. The Morgan fingerprint density at radius 1 is 1.20 bits per heavy atom. The number of nitrogen functional groups attached to an aromatic ring is 1. The van der Waals surface area contributed by atoms with Crippen molar-refractivity contribution in [3.63, 3.8) is 0 Å². The Balaban J connectivity index is 0. The van der Waals surface area contributed by atoms with Gasteiger partial charge in [-0.15, -0.1) is 13.2 Å². The molecule has 0 radical (unpaired) electrons. The van der Waals surface area contributed by atoms with E-state index in [4.69, 9.17) is 10.5 Å². The van der Waals surface area contributed by atoms with Crippen LogP contribution in [0.4, 0.5) is 18.9 Å². The third kappa shape index (κ3) is 6.96. The number of halogens is 3. The van der Waals surface area contributed by atoms with Gasteiger partial charge in [0.15, 0.2) is 5.60 Å². The maximum Gasteiger partial charge on any atom is 0.421 e. The average Bonchev–Trinajstić information content (AvgIpc) is 2.57. The van der Waals surface area contributed by atoms with Gasteiger partial charge in [0.05, 0.1) is 7.11 Å². The van der Waals surface area contributed by atoms with Crippen LogP contribution in [-0.2, 0) is 5.60 Å². The maximum atomic E-state index is 13.0. The van der Waals surface area contributed by atoms with Crippen LogP contribution in [0.3, 0.4) is 0 Å². The van der Waals surface area contributed by atoms with Crippen LogP contribution < -0.4 is 10.5 Å². The fourth-order valence-electron chi connectivity index (χ4n) is 1.74. The molecule has 0 bridgehead atoms. The predicted molar refractivity (Wildman–Crippen MR) is 97.9 cm³/mol. The summed E-state index contributed by atoms with van der Waals surface area (Å²) in [6.07, 6.45) is -5.28. The summed E-state index contributed by atoms with van der Waals surface area (Å²) in [6, 6.07) is 2.50. The number of anilines is 1. The van der Waals surface area contributed by atoms with Crippen molar-refractivity contribution in [1.29, 1.82) is 0 Å². The second-order valence-electron chi connectivity index (χ2n) is 5.52. The van der Waals surface area contributed by atoms with E-state index < -0.39 is 18.2 Å². The van der Waals surface area contributed by atoms with E-state index in [9.17, 15) is 18.3 Å². The topological polar surface area (TPSA) is 58.7 Å². The van der Waals surface area contributed by atoms with Gasteiger partial charge in [0.25, 0.3) is 0 Å². The number of benzene rings is 1. The van der Waals surface area contributed by atoms with Crippen molar-refractivity contribution in [3.8, 4) is 5.75 Å². The summed E-state index contributed by atoms with van der Waals surface area (Å²) in [5.41, 5.74) is 3.15. The van der Waals surface area contributed by atoms with Crippen LogP contribution in [0.1, 0.15) is 31.4 Å². The second kappa shape index (κ2) is 11.0. The highest BCUT2D eigenvalue weighted by Crippen LogP contribution is 2.45. The van der Waals surface area contributed by atoms with Crippen LogP contribution in [0.15, 0.2) is 25.3 Å². The molecule has 0 fully saturated rings. The molecule has 1 rings (SSSR count). The van der Waals surface area contributed by atoms with Crippen molar-refractivity contribution < 1.29 is 23.0 Å². The van der Waals surface area contributed by atoms with Gasteiger partial charge >= 0.3 is 6.18 Å². The normalized spacial score (nSPS) is 13.1. The number of nitrogens with zero attached hydrogens (tertiary/aromatic N) is 1. The smallest absolute Gasteiger partial charge is 0.421 e. The van der Waals surface area contributed by atoms with Crippen molar-refractivity contribution in [3.05, 3.63) is 36.4 Å². The van der Waals surface area contributed by atoms with Gasteiger partial charge < -0.3 is 20.5 Å². The first-order valence-corrected chi connectivity index (χ1v) is 7.82. The zero-order valence-electron chi connectivity index (χ0n) is 16.0. The van der Waals surface area contributed by atoms with Gasteiger partial charge in [-0.3, -0.25) is 0 Å². The number of rotatable bonds is 4. The first-order chi connectivity index (χ1) is 11.4. The van der Waals surface area contributed by atoms with Gasteiger partial charge in [-0.1, -0.05) is 13.8 Å². The van der Waals surface area contributed by atoms with E-state index in [1.807, 2.05) is 0 Å². The summed E-state index contributed by atoms with van der Waals surface area (Å²) in [4.78, 5) is 2.12. The predicted octanol–water partition coefficient (Wildman–Crippen LogP) is 4.12. The Kier molecular flexibility index (Phi) is 11.2. The van der Waals surface area contributed by atoms with Gasteiger partial charge in [0, 0.05) is 17.3 Å². The van der Waals surface area contributed by atoms with E-state index in [1.54, 1.807) is 6.92 Å². The Morgan fingerprint density at radius 2 is 1.64 bits per heavy atom. The molecule has 0 saturated carbocycles. The number of hydrogen-bond donors (Lipinski definition) is 2. The molecule has 0 saturated heterocycles. The minimum Gasteiger partial charge on any atom is -0.496 e. The van der Waals surface area contributed by atoms with E-state index in [0.29, 0.717) is 11.3 Å². The lowest BCUT2D eigenvalue weighted by molar-refractivity contribution is -0.268. The van der Waals surface area contributed by atoms with Gasteiger partial charge in [-0.05, 0) is 45.6 Å². The molecule has 4 nitrogen and oxygen atoms in total. The van der Waals surface area contributed by atoms with Crippen LogP contribution in [0, 0.1) is 6.92 Å². The largest absolute Gasteiger partial charge is 0.496 e. The monoisotopic (exact) mass is 364 g/mol. The van der Waals surface area contributed by atoms with Gasteiger partial charge in [-0.25, -0.2) is 0 Å². The summed E-state index contributed by atoms with van der Waals surface area (Å²) >= 11 is 0. The standard InChI is InChI=1S/C12H16F3NO2.C4H11N.C2H4/c1-4-11(17,12(13,14)15)8-5-7(2)9(16)6-10(8)18-3;1-4-5(2)3;1-2/h5-6,17H,4,16H2,1-3H3;4H2,1-3H3;1-2H2. The summed E-state index contributed by atoms with van der Waals surface area (Å²) in [6.45, 7) is 12.1. The van der Waals surface area contributed by atoms with Crippen molar-refractivity contribution in [2.45, 2.75) is 39.0 Å². The molecule has 3 N–H and O–H groups in total. The molecular weight excluding hydrogens is 333 g/mol. The van der Waals surface area contributed by atoms with Crippen LogP contribution in [0.5, 0.6) is 5.75 Å². The molecular formula is C18H31F3N2O2. The van der Waals surface area contributed by atoms with Gasteiger partial charge in [-0.2, -0.15) is 13.2 Å². The van der Waals surface area contributed by atoms with E-state index >= 15 is 0 Å². The van der Waals surface area contributed by atoms with Gasteiger partial charge in [0.1, 0.15) is 5.75 Å². The fourth-order valence-corrected chi connectivity index (χ4v) is 1.74. The molecule has 7 heteroatoms. The molecule has 0 spiro atoms. The highest BCUT2D eigenvalue weighted by Gasteiger charge is 2.55. The van der Waals surface area contributed by atoms with E-state index in [2.05, 4.69) is 39.1 Å². The molecule has 0 aromatic heterocycles. The molecule has 146 valence electrons. The molecule has 0 amide bonds. The van der Waals surface area contributed by atoms with E-state index in [0.717, 1.165) is 6.54 Å². The lowest BCUT2D eigenvalue weighted by atomic mass is 9.88. The van der Waals surface area contributed by atoms with Crippen LogP contribution in [0.25, 0.3) is 0 Å². The van der Waals surface area contributed by atoms with Crippen molar-refractivity contribution >= 4 is 5.69 Å². The molecule has 1 atom stereocenters. The van der Waals surface area contributed by atoms with E-state index in [-0.39, 0.29) is 11.3 Å². The SMILES string of the molecule is C=C.CCC(O)(c1cc(C)c(N)cc1OC)C(F)(F)F.CCN(C)C. The van der Waals surface area contributed by atoms with Crippen LogP contribution in [-0.4, -0.2) is 43.9 Å². The number of aryl methyl sites for hydroxylation is 1. The van der Waals surface area contributed by atoms with Gasteiger partial charge in [0.2, 0.25) is 0 Å². The number of aliphatic hydroxyl groups is 1. The molecule has 0 heterocycles. The summed E-state index contributed by atoms with van der Waals surface area (Å²) < 4.78 is 43.9. The highest BCUT2D eigenvalue weighted by molar-refractivity contribution is 5.56. The first kappa shape index (κ1) is 25.5. The Morgan fingerprint density at radius 3 is 1.92 bits per heavy atom. The molecule has 1 aromatic carbocycles. The Hall–Kier alpha value is -1.73. The summed E-state index contributed by atoms with van der Waals surface area (Å²) in [5, 5.41) is 9.91. The highest BCUT2D eigenvalue weighted by atomic mass is 19.4. The Bertz CT molecular complexity index is 520. The van der Waals surface area contributed by atoms with Crippen molar-refractivity contribution in [1.82, 2.24) is 4.90 Å². The number of methoxy groups -OCH3 is 1. The lowest BCUT2D eigenvalue weighted by Gasteiger charge is -2.31. The van der Waals surface area contributed by atoms with Crippen molar-refractivity contribution in [2.24, 2.45) is 0 Å². The number of ether oxygens (including phenoxy) is 1. The second-order valence-corrected chi connectivity index (χ2v) is 5.52. The molecule has 0 aliphatic carbocycles. The molecule has 25 heavy (non-hydrogen) atoms. The fraction of sp³-hybridized carbons (Fsp3) is 0.556. The van der Waals surface area contributed by atoms with Crippen molar-refractivity contribution in [2.75, 3.05) is 33.5 Å². The third-order valence-corrected chi connectivity index (χ3v) is 3.65. The number of alkyl halides is 3. The average molecular weight is 364 g/mol. The quantitative estimate of drug-likeness (QED) is 0.623. The zero-order valence-corrected chi connectivity index (χ0v) is 16.0. The number of nitrogens with two attached hydrogens (primary N) is 1. The Labute approximate surface area is 149 Å². The summed E-state index contributed by atoms with van der Waals surface area (Å²) in [5.74, 6) is -0.0697. The maximum absolute atomic E-state index is 13.0. The first-order valence-electron chi connectivity index (χ1n) is 7.82. The molecule has 0 aliphatic heterocycles.